The van der Waals surface area contributed by atoms with Gasteiger partial charge in [0.25, 0.3) is 0 Å². The highest BCUT2D eigenvalue weighted by molar-refractivity contribution is 9.10. The zero-order chi connectivity index (χ0) is 13.5. The van der Waals surface area contributed by atoms with Gasteiger partial charge in [0, 0.05) is 43.7 Å². The van der Waals surface area contributed by atoms with Crippen LogP contribution in [0, 0.1) is 0 Å². The fourth-order valence-electron chi connectivity index (χ4n) is 2.20. The summed E-state index contributed by atoms with van der Waals surface area (Å²) in [5.41, 5.74) is 0. The van der Waals surface area contributed by atoms with Crippen LogP contribution in [0.4, 0.5) is 0 Å². The van der Waals surface area contributed by atoms with Gasteiger partial charge >= 0.3 is 0 Å². The Morgan fingerprint density at radius 2 is 1.58 bits per heavy atom. The molecule has 0 bridgehead atoms. The number of benzene rings is 1. The van der Waals surface area contributed by atoms with Crippen molar-refractivity contribution in [2.24, 2.45) is 0 Å². The highest BCUT2D eigenvalue weighted by Gasteiger charge is 2.15. The molecule has 0 unspecified atom stereocenters. The Morgan fingerprint density at radius 3 is 2.16 bits per heavy atom. The molecule has 0 atom stereocenters. The van der Waals surface area contributed by atoms with Crippen molar-refractivity contribution in [3.63, 3.8) is 0 Å². The van der Waals surface area contributed by atoms with E-state index in [-0.39, 0.29) is 6.61 Å². The van der Waals surface area contributed by atoms with Gasteiger partial charge in [-0.3, -0.25) is 9.80 Å². The predicted molar refractivity (Wildman–Crippen MR) is 79.6 cm³/mol. The SMILES string of the molecule is OCCN1CCN(CCOc2ccc(Br)cc2)CC1. The van der Waals surface area contributed by atoms with Gasteiger partial charge in [-0.25, -0.2) is 0 Å². The summed E-state index contributed by atoms with van der Waals surface area (Å²) < 4.78 is 6.79. The number of hydrogen-bond acceptors (Lipinski definition) is 4. The Bertz CT molecular complexity index is 364. The van der Waals surface area contributed by atoms with Crippen LogP contribution in [0.25, 0.3) is 0 Å². The molecule has 1 saturated heterocycles. The summed E-state index contributed by atoms with van der Waals surface area (Å²) in [6, 6.07) is 7.93. The summed E-state index contributed by atoms with van der Waals surface area (Å²) in [4.78, 5) is 4.71. The van der Waals surface area contributed by atoms with Crippen molar-refractivity contribution in [2.45, 2.75) is 0 Å². The molecular formula is C14H21BrN2O2. The maximum atomic E-state index is 8.89. The lowest BCUT2D eigenvalue weighted by Gasteiger charge is -2.34. The zero-order valence-electron chi connectivity index (χ0n) is 11.1. The van der Waals surface area contributed by atoms with Gasteiger partial charge in [0.05, 0.1) is 6.61 Å². The number of ether oxygens (including phenoxy) is 1. The standard InChI is InChI=1S/C14H21BrN2O2/c15-13-1-3-14(4-2-13)19-12-10-17-7-5-16(6-8-17)9-11-18/h1-4,18H,5-12H2. The first kappa shape index (κ1) is 14.8. The molecule has 0 amide bonds. The van der Waals surface area contributed by atoms with E-state index in [1.165, 1.54) is 0 Å². The molecule has 1 heterocycles. The average molecular weight is 329 g/mol. The van der Waals surface area contributed by atoms with Crippen LogP contribution in [0.5, 0.6) is 5.75 Å². The van der Waals surface area contributed by atoms with Gasteiger partial charge in [0.15, 0.2) is 0 Å². The van der Waals surface area contributed by atoms with Crippen LogP contribution in [0.3, 0.4) is 0 Å². The van der Waals surface area contributed by atoms with E-state index in [0.717, 1.165) is 56.1 Å². The molecule has 106 valence electrons. The Hall–Kier alpha value is -0.620. The van der Waals surface area contributed by atoms with Crippen LogP contribution < -0.4 is 4.74 Å². The molecule has 1 aromatic carbocycles. The van der Waals surface area contributed by atoms with Crippen molar-refractivity contribution >= 4 is 15.9 Å². The van der Waals surface area contributed by atoms with E-state index in [9.17, 15) is 0 Å². The Balaban J connectivity index is 1.63. The molecule has 0 radical (unpaired) electrons. The van der Waals surface area contributed by atoms with Crippen molar-refractivity contribution in [3.8, 4) is 5.75 Å². The van der Waals surface area contributed by atoms with E-state index in [1.807, 2.05) is 24.3 Å². The average Bonchev–Trinajstić information content (AvgIpc) is 2.43. The molecule has 19 heavy (non-hydrogen) atoms. The molecule has 5 heteroatoms. The number of halogens is 1. The van der Waals surface area contributed by atoms with E-state index in [4.69, 9.17) is 9.84 Å². The fourth-order valence-corrected chi connectivity index (χ4v) is 2.47. The maximum Gasteiger partial charge on any atom is 0.119 e. The van der Waals surface area contributed by atoms with Crippen LogP contribution in [0.15, 0.2) is 28.7 Å². The third-order valence-corrected chi connectivity index (χ3v) is 3.90. The second kappa shape index (κ2) is 7.85. The van der Waals surface area contributed by atoms with Crippen molar-refractivity contribution in [1.82, 2.24) is 9.80 Å². The topological polar surface area (TPSA) is 35.9 Å². The Kier molecular flexibility index (Phi) is 6.10. The number of aliphatic hydroxyl groups is 1. The first-order valence-electron chi connectivity index (χ1n) is 6.72. The van der Waals surface area contributed by atoms with Crippen LogP contribution in [0.2, 0.25) is 0 Å². The molecule has 4 nitrogen and oxygen atoms in total. The normalized spacial score (nSPS) is 17.6. The largest absolute Gasteiger partial charge is 0.492 e. The summed E-state index contributed by atoms with van der Waals surface area (Å²) in [6.45, 7) is 6.94. The van der Waals surface area contributed by atoms with E-state index < -0.39 is 0 Å². The number of piperazine rings is 1. The summed E-state index contributed by atoms with van der Waals surface area (Å²) in [5.74, 6) is 0.919. The highest BCUT2D eigenvalue weighted by Crippen LogP contribution is 2.16. The van der Waals surface area contributed by atoms with Crippen molar-refractivity contribution in [2.75, 3.05) is 52.5 Å². The number of hydrogen-bond donors (Lipinski definition) is 1. The quantitative estimate of drug-likeness (QED) is 0.857. The summed E-state index contributed by atoms with van der Waals surface area (Å²) in [7, 11) is 0. The molecular weight excluding hydrogens is 308 g/mol. The van der Waals surface area contributed by atoms with E-state index in [0.29, 0.717) is 0 Å². The molecule has 1 aromatic rings. The smallest absolute Gasteiger partial charge is 0.119 e. The van der Waals surface area contributed by atoms with Gasteiger partial charge in [-0.15, -0.1) is 0 Å². The minimum atomic E-state index is 0.257. The fraction of sp³-hybridized carbons (Fsp3) is 0.571. The monoisotopic (exact) mass is 328 g/mol. The van der Waals surface area contributed by atoms with E-state index in [1.54, 1.807) is 0 Å². The molecule has 1 aliphatic rings. The molecule has 1 aliphatic heterocycles. The van der Waals surface area contributed by atoms with Crippen molar-refractivity contribution in [3.05, 3.63) is 28.7 Å². The molecule has 0 spiro atoms. The summed E-state index contributed by atoms with van der Waals surface area (Å²) in [5, 5.41) is 8.89. The molecule has 0 aliphatic carbocycles. The lowest BCUT2D eigenvalue weighted by Crippen LogP contribution is -2.48. The van der Waals surface area contributed by atoms with Crippen LogP contribution >= 0.6 is 15.9 Å². The zero-order valence-corrected chi connectivity index (χ0v) is 12.7. The summed E-state index contributed by atoms with van der Waals surface area (Å²) in [6.07, 6.45) is 0. The molecule has 2 rings (SSSR count). The van der Waals surface area contributed by atoms with Crippen LogP contribution in [-0.2, 0) is 0 Å². The van der Waals surface area contributed by atoms with Crippen LogP contribution in [0.1, 0.15) is 0 Å². The van der Waals surface area contributed by atoms with E-state index >= 15 is 0 Å². The van der Waals surface area contributed by atoms with Gasteiger partial charge in [0.1, 0.15) is 12.4 Å². The van der Waals surface area contributed by atoms with E-state index in [2.05, 4.69) is 25.7 Å². The molecule has 1 fully saturated rings. The van der Waals surface area contributed by atoms with Crippen molar-refractivity contribution in [1.29, 1.82) is 0 Å². The second-order valence-electron chi connectivity index (χ2n) is 4.71. The predicted octanol–water partition coefficient (Wildman–Crippen LogP) is 1.44. The third kappa shape index (κ3) is 5.10. The van der Waals surface area contributed by atoms with Gasteiger partial charge < -0.3 is 9.84 Å². The molecule has 0 aromatic heterocycles. The summed E-state index contributed by atoms with van der Waals surface area (Å²) >= 11 is 3.41. The van der Waals surface area contributed by atoms with Crippen molar-refractivity contribution < 1.29 is 9.84 Å². The number of nitrogens with zero attached hydrogens (tertiary/aromatic N) is 2. The highest BCUT2D eigenvalue weighted by atomic mass is 79.9. The lowest BCUT2D eigenvalue weighted by atomic mass is 10.3. The van der Waals surface area contributed by atoms with Gasteiger partial charge in [-0.05, 0) is 24.3 Å². The number of aliphatic hydroxyl groups excluding tert-OH is 1. The minimum absolute atomic E-state index is 0.257. The second-order valence-corrected chi connectivity index (χ2v) is 5.62. The van der Waals surface area contributed by atoms with Gasteiger partial charge in [-0.2, -0.15) is 0 Å². The lowest BCUT2D eigenvalue weighted by molar-refractivity contribution is 0.102. The van der Waals surface area contributed by atoms with Gasteiger partial charge in [0.2, 0.25) is 0 Å². The third-order valence-electron chi connectivity index (χ3n) is 3.37. The Labute approximate surface area is 123 Å². The van der Waals surface area contributed by atoms with Gasteiger partial charge in [-0.1, -0.05) is 15.9 Å². The first-order chi connectivity index (χ1) is 9.28. The number of β-amino-alcohol motifs (C(OH)–C–C–N with tert-alkyl or cyclic N) is 1. The maximum absolute atomic E-state index is 8.89. The Morgan fingerprint density at radius 1 is 1.00 bits per heavy atom. The molecule has 1 N–H and O–H groups in total. The molecule has 0 saturated carbocycles. The minimum Gasteiger partial charge on any atom is -0.492 e. The number of rotatable bonds is 6. The van der Waals surface area contributed by atoms with Crippen LogP contribution in [-0.4, -0.2) is 67.4 Å². The first-order valence-corrected chi connectivity index (χ1v) is 7.51.